The molecule has 1 heterocycles. The molecule has 1 aliphatic heterocycles. The van der Waals surface area contributed by atoms with Gasteiger partial charge >= 0.3 is 13.6 Å². The number of nitrogens with zero attached hydrogens (tertiary/aromatic N) is 1. The molecule has 0 saturated carbocycles. The van der Waals surface area contributed by atoms with E-state index in [0.29, 0.717) is 6.42 Å². The van der Waals surface area contributed by atoms with Crippen LogP contribution in [0, 0.1) is 5.92 Å². The summed E-state index contributed by atoms with van der Waals surface area (Å²) in [5.41, 5.74) is 3.07. The van der Waals surface area contributed by atoms with Crippen molar-refractivity contribution in [3.63, 3.8) is 0 Å². The maximum Gasteiger partial charge on any atom is 0.355 e. The molecular formula is C15H29N2O5P. The van der Waals surface area contributed by atoms with Crippen LogP contribution >= 0.6 is 7.60 Å². The smallest absolute Gasteiger partial charge is 0.355 e. The van der Waals surface area contributed by atoms with Gasteiger partial charge in [-0.25, -0.2) is 4.79 Å². The van der Waals surface area contributed by atoms with Crippen molar-refractivity contribution >= 4 is 19.3 Å². The van der Waals surface area contributed by atoms with Crippen molar-refractivity contribution < 1.29 is 23.1 Å². The summed E-state index contributed by atoms with van der Waals surface area (Å²) in [5, 5.41) is 4.08. The number of hydrazone groups is 1. The quantitative estimate of drug-likeness (QED) is 0.508. The summed E-state index contributed by atoms with van der Waals surface area (Å²) in [6.07, 6.45) is 0.915. The first-order valence-corrected chi connectivity index (χ1v) is 9.83. The van der Waals surface area contributed by atoms with Crippen LogP contribution in [0.15, 0.2) is 5.10 Å². The zero-order valence-electron chi connectivity index (χ0n) is 14.9. The van der Waals surface area contributed by atoms with Crippen molar-refractivity contribution in [2.75, 3.05) is 6.61 Å². The molecule has 23 heavy (non-hydrogen) atoms. The van der Waals surface area contributed by atoms with E-state index in [0.717, 1.165) is 6.42 Å². The zero-order valence-corrected chi connectivity index (χ0v) is 15.8. The molecule has 1 N–H and O–H groups in total. The first kappa shape index (κ1) is 20.1. The molecule has 0 amide bonds. The van der Waals surface area contributed by atoms with Crippen LogP contribution in [0.3, 0.4) is 0 Å². The fourth-order valence-electron chi connectivity index (χ4n) is 2.50. The van der Waals surface area contributed by atoms with Gasteiger partial charge in [0.25, 0.3) is 0 Å². The molecule has 0 fully saturated rings. The van der Waals surface area contributed by atoms with Crippen molar-refractivity contribution in [3.05, 3.63) is 0 Å². The van der Waals surface area contributed by atoms with Gasteiger partial charge in [0.1, 0.15) is 0 Å². The van der Waals surface area contributed by atoms with Crippen LogP contribution in [0.1, 0.15) is 54.4 Å². The van der Waals surface area contributed by atoms with Crippen LogP contribution < -0.4 is 5.43 Å². The second-order valence-electron chi connectivity index (χ2n) is 6.03. The number of esters is 1. The Morgan fingerprint density at radius 2 is 1.78 bits per heavy atom. The van der Waals surface area contributed by atoms with E-state index >= 15 is 0 Å². The van der Waals surface area contributed by atoms with Crippen molar-refractivity contribution in [2.45, 2.75) is 72.4 Å². The van der Waals surface area contributed by atoms with Gasteiger partial charge in [-0.1, -0.05) is 13.3 Å². The highest BCUT2D eigenvalue weighted by atomic mass is 31.2. The van der Waals surface area contributed by atoms with Crippen molar-refractivity contribution in [3.8, 4) is 0 Å². The number of nitrogens with one attached hydrogen (secondary N) is 1. The Morgan fingerprint density at radius 3 is 2.22 bits per heavy atom. The Bertz CT molecular complexity index is 464. The molecule has 7 nitrogen and oxygen atoms in total. The van der Waals surface area contributed by atoms with E-state index in [2.05, 4.69) is 10.5 Å². The molecular weight excluding hydrogens is 319 g/mol. The Kier molecular flexibility index (Phi) is 7.71. The molecule has 0 unspecified atom stereocenters. The summed E-state index contributed by atoms with van der Waals surface area (Å²) in [6.45, 7) is 11.2. The van der Waals surface area contributed by atoms with Gasteiger partial charge in [-0.2, -0.15) is 5.10 Å². The number of carbonyl (C=O) groups is 1. The molecule has 0 radical (unpaired) electrons. The van der Waals surface area contributed by atoms with Gasteiger partial charge in [-0.05, 0) is 41.0 Å². The van der Waals surface area contributed by atoms with Gasteiger partial charge in [0, 0.05) is 5.92 Å². The molecule has 0 bridgehead atoms. The number of carbonyl (C=O) groups excluding carboxylic acids is 1. The van der Waals surface area contributed by atoms with E-state index in [-0.39, 0.29) is 30.4 Å². The van der Waals surface area contributed by atoms with Gasteiger partial charge < -0.3 is 13.8 Å². The SMILES string of the molecule is CCC[C@H]1C(C(=O)OCC)=NN[C@@H]1P(=O)(OC(C)C)OC(C)C. The Labute approximate surface area is 138 Å². The first-order valence-electron chi connectivity index (χ1n) is 8.21. The van der Waals surface area contributed by atoms with Gasteiger partial charge in [0.2, 0.25) is 0 Å². The maximum atomic E-state index is 13.3. The zero-order chi connectivity index (χ0) is 17.6. The highest BCUT2D eigenvalue weighted by Crippen LogP contribution is 2.58. The van der Waals surface area contributed by atoms with E-state index in [1.165, 1.54) is 0 Å². The van der Waals surface area contributed by atoms with E-state index < -0.39 is 19.3 Å². The molecule has 0 aliphatic carbocycles. The van der Waals surface area contributed by atoms with Crippen molar-refractivity contribution in [1.82, 2.24) is 5.43 Å². The monoisotopic (exact) mass is 348 g/mol. The standard InChI is InChI=1S/C15H29N2O5P/c1-7-9-12-13(15(18)20-8-2)16-17-14(12)23(19,21-10(3)4)22-11(5)6/h10-12,14,17H,7-9H2,1-6H3/t12-,14+/m0/s1. The average Bonchev–Trinajstić information content (AvgIpc) is 2.82. The minimum Gasteiger partial charge on any atom is -0.461 e. The van der Waals surface area contributed by atoms with Gasteiger partial charge in [0.05, 0.1) is 18.8 Å². The topological polar surface area (TPSA) is 86.2 Å². The van der Waals surface area contributed by atoms with Crippen molar-refractivity contribution in [1.29, 1.82) is 0 Å². The van der Waals surface area contributed by atoms with Crippen LogP contribution in [-0.4, -0.2) is 36.3 Å². The Morgan fingerprint density at radius 1 is 1.22 bits per heavy atom. The third-order valence-corrected chi connectivity index (χ3v) is 5.78. The number of hydrogen-bond acceptors (Lipinski definition) is 7. The van der Waals surface area contributed by atoms with Gasteiger partial charge in [-0.15, -0.1) is 0 Å². The first-order chi connectivity index (χ1) is 10.7. The molecule has 8 heteroatoms. The van der Waals surface area contributed by atoms with Crippen LogP contribution in [0.4, 0.5) is 0 Å². The van der Waals surface area contributed by atoms with Crippen LogP contribution in [0.25, 0.3) is 0 Å². The fraction of sp³-hybridized carbons (Fsp3) is 0.867. The molecule has 0 aromatic heterocycles. The largest absolute Gasteiger partial charge is 0.461 e. The predicted molar refractivity (Wildman–Crippen MR) is 89.4 cm³/mol. The fourth-order valence-corrected chi connectivity index (χ4v) is 4.92. The lowest BCUT2D eigenvalue weighted by molar-refractivity contribution is -0.135. The lowest BCUT2D eigenvalue weighted by Crippen LogP contribution is -2.35. The minimum absolute atomic E-state index is 0.263. The molecule has 0 saturated heterocycles. The van der Waals surface area contributed by atoms with Gasteiger partial charge in [-0.3, -0.25) is 9.99 Å². The normalized spacial score (nSPS) is 21.5. The summed E-state index contributed by atoms with van der Waals surface area (Å²) < 4.78 is 29.6. The molecule has 2 atom stereocenters. The van der Waals surface area contributed by atoms with Crippen molar-refractivity contribution in [2.24, 2.45) is 11.0 Å². The molecule has 1 aliphatic rings. The second kappa shape index (κ2) is 8.81. The highest BCUT2D eigenvalue weighted by molar-refractivity contribution is 7.54. The second-order valence-corrected chi connectivity index (χ2v) is 8.09. The predicted octanol–water partition coefficient (Wildman–Crippen LogP) is 3.29. The number of rotatable bonds is 9. The van der Waals surface area contributed by atoms with E-state index in [4.69, 9.17) is 13.8 Å². The molecule has 0 spiro atoms. The van der Waals surface area contributed by atoms with E-state index in [1.54, 1.807) is 34.6 Å². The maximum absolute atomic E-state index is 13.3. The summed E-state index contributed by atoms with van der Waals surface area (Å²) in [6, 6.07) is 0. The van der Waals surface area contributed by atoms with E-state index in [1.807, 2.05) is 6.92 Å². The highest BCUT2D eigenvalue weighted by Gasteiger charge is 2.49. The lowest BCUT2D eigenvalue weighted by atomic mass is 9.99. The summed E-state index contributed by atoms with van der Waals surface area (Å²) >= 11 is 0. The third kappa shape index (κ3) is 5.30. The van der Waals surface area contributed by atoms with Crippen LogP contribution in [0.2, 0.25) is 0 Å². The molecule has 1 rings (SSSR count). The van der Waals surface area contributed by atoms with E-state index in [9.17, 15) is 9.36 Å². The minimum atomic E-state index is -3.49. The average molecular weight is 348 g/mol. The van der Waals surface area contributed by atoms with Gasteiger partial charge in [0.15, 0.2) is 11.5 Å². The molecule has 0 aromatic rings. The Hall–Kier alpha value is -0.910. The Balaban J connectivity index is 3.07. The lowest BCUT2D eigenvalue weighted by Gasteiger charge is -2.30. The number of ether oxygens (including phenoxy) is 1. The molecule has 134 valence electrons. The summed E-state index contributed by atoms with van der Waals surface area (Å²) in [7, 11) is -3.49. The molecule has 0 aromatic carbocycles. The summed E-state index contributed by atoms with van der Waals surface area (Å²) in [4.78, 5) is 12.1. The number of hydrogen-bond donors (Lipinski definition) is 1. The third-order valence-electron chi connectivity index (χ3n) is 3.19. The summed E-state index contributed by atoms with van der Waals surface area (Å²) in [5.74, 6) is -1.52. The van der Waals surface area contributed by atoms with Crippen LogP contribution in [-0.2, 0) is 23.1 Å². The van der Waals surface area contributed by atoms with Crippen LogP contribution in [0.5, 0.6) is 0 Å².